The number of hydrazine groups is 1. The summed E-state index contributed by atoms with van der Waals surface area (Å²) in [6, 6.07) is 8.04. The van der Waals surface area contributed by atoms with Gasteiger partial charge in [-0.05, 0) is 28.1 Å². The number of benzene rings is 1. The van der Waals surface area contributed by atoms with Crippen molar-refractivity contribution in [1.82, 2.24) is 4.98 Å². The molecule has 0 aliphatic heterocycles. The Labute approximate surface area is 115 Å². The number of hydrogen-bond acceptors (Lipinski definition) is 4. The van der Waals surface area contributed by atoms with Crippen LogP contribution in [0.25, 0.3) is 0 Å². The number of nitrogens with two attached hydrogens (primary N) is 1. The van der Waals surface area contributed by atoms with Crippen LogP contribution in [0, 0.1) is 11.6 Å². The molecule has 3 nitrogen and oxygen atoms in total. The van der Waals surface area contributed by atoms with Crippen LogP contribution in [0.15, 0.2) is 44.7 Å². The molecule has 1 heterocycles. The fourth-order valence-corrected chi connectivity index (χ4v) is 2.60. The number of pyridine rings is 1. The third-order valence-corrected chi connectivity index (χ3v) is 4.09. The van der Waals surface area contributed by atoms with E-state index in [9.17, 15) is 8.78 Å². The largest absolute Gasteiger partial charge is 0.306 e. The summed E-state index contributed by atoms with van der Waals surface area (Å²) in [5, 5.41) is 0.0521. The SMILES string of the molecule is NNc1nc(Sc2ccccc2Br)c(F)cc1F. The molecule has 0 aliphatic rings. The third-order valence-electron chi connectivity index (χ3n) is 2.08. The standard InChI is InChI=1S/C11H8BrF2N3S/c12-6-3-1-2-4-9(6)18-11-8(14)5-7(13)10(16-11)17-15/h1-5H,15H2,(H,16,17). The lowest BCUT2D eigenvalue weighted by atomic mass is 10.4. The Morgan fingerprint density at radius 1 is 1.22 bits per heavy atom. The van der Waals surface area contributed by atoms with Crippen molar-refractivity contribution in [2.45, 2.75) is 9.92 Å². The Bertz CT molecular complexity index is 580. The molecule has 0 fully saturated rings. The zero-order valence-electron chi connectivity index (χ0n) is 8.95. The second-order valence-corrected chi connectivity index (χ2v) is 5.17. The van der Waals surface area contributed by atoms with Gasteiger partial charge >= 0.3 is 0 Å². The predicted molar refractivity (Wildman–Crippen MR) is 70.2 cm³/mol. The molecular formula is C11H8BrF2N3S. The Balaban J connectivity index is 2.38. The minimum atomic E-state index is -0.827. The van der Waals surface area contributed by atoms with Crippen LogP contribution < -0.4 is 11.3 Å². The van der Waals surface area contributed by atoms with Gasteiger partial charge in [0.2, 0.25) is 0 Å². The molecule has 0 aliphatic carbocycles. The van der Waals surface area contributed by atoms with Gasteiger partial charge in [-0.3, -0.25) is 0 Å². The summed E-state index contributed by atoms with van der Waals surface area (Å²) in [6.45, 7) is 0. The summed E-state index contributed by atoms with van der Waals surface area (Å²) in [7, 11) is 0. The number of rotatable bonds is 3. The van der Waals surface area contributed by atoms with Crippen molar-refractivity contribution in [2.75, 3.05) is 5.43 Å². The molecule has 0 atom stereocenters. The maximum Gasteiger partial charge on any atom is 0.177 e. The Hall–Kier alpha value is -1.18. The van der Waals surface area contributed by atoms with Crippen LogP contribution in [0.1, 0.15) is 0 Å². The van der Waals surface area contributed by atoms with E-state index in [0.717, 1.165) is 27.2 Å². The number of anilines is 1. The Kier molecular flexibility index (Phi) is 4.15. The van der Waals surface area contributed by atoms with Crippen LogP contribution in [-0.2, 0) is 0 Å². The molecular weight excluding hydrogens is 324 g/mol. The van der Waals surface area contributed by atoms with Crippen molar-refractivity contribution < 1.29 is 8.78 Å². The highest BCUT2D eigenvalue weighted by molar-refractivity contribution is 9.10. The molecule has 1 aromatic heterocycles. The summed E-state index contributed by atoms with van der Waals surface area (Å²) in [4.78, 5) is 4.56. The van der Waals surface area contributed by atoms with E-state index in [0.29, 0.717) is 0 Å². The topological polar surface area (TPSA) is 50.9 Å². The first-order chi connectivity index (χ1) is 8.61. The van der Waals surface area contributed by atoms with Crippen LogP contribution >= 0.6 is 27.7 Å². The molecule has 0 unspecified atom stereocenters. The minimum Gasteiger partial charge on any atom is -0.306 e. The van der Waals surface area contributed by atoms with E-state index in [-0.39, 0.29) is 10.8 Å². The van der Waals surface area contributed by atoms with Gasteiger partial charge in [0.05, 0.1) is 0 Å². The van der Waals surface area contributed by atoms with E-state index < -0.39 is 11.6 Å². The number of hydrogen-bond donors (Lipinski definition) is 2. The minimum absolute atomic E-state index is 0.0521. The van der Waals surface area contributed by atoms with Crippen molar-refractivity contribution in [2.24, 2.45) is 5.84 Å². The summed E-state index contributed by atoms with van der Waals surface area (Å²) < 4.78 is 27.6. The highest BCUT2D eigenvalue weighted by Crippen LogP contribution is 2.34. The molecule has 94 valence electrons. The van der Waals surface area contributed by atoms with E-state index in [1.807, 2.05) is 18.2 Å². The maximum atomic E-state index is 13.6. The highest BCUT2D eigenvalue weighted by atomic mass is 79.9. The lowest BCUT2D eigenvalue weighted by Crippen LogP contribution is -2.11. The number of nitrogen functional groups attached to an aromatic ring is 1. The lowest BCUT2D eigenvalue weighted by molar-refractivity contribution is 0.551. The highest BCUT2D eigenvalue weighted by Gasteiger charge is 2.13. The van der Waals surface area contributed by atoms with Crippen LogP contribution in [-0.4, -0.2) is 4.98 Å². The van der Waals surface area contributed by atoms with Gasteiger partial charge in [0.25, 0.3) is 0 Å². The van der Waals surface area contributed by atoms with Crippen molar-refractivity contribution in [1.29, 1.82) is 0 Å². The van der Waals surface area contributed by atoms with E-state index in [2.05, 4.69) is 26.3 Å². The molecule has 2 aromatic rings. The number of halogens is 3. The number of aromatic nitrogens is 1. The van der Waals surface area contributed by atoms with Crippen LogP contribution in [0.2, 0.25) is 0 Å². The van der Waals surface area contributed by atoms with Crippen LogP contribution in [0.3, 0.4) is 0 Å². The van der Waals surface area contributed by atoms with Gasteiger partial charge in [-0.2, -0.15) is 0 Å². The van der Waals surface area contributed by atoms with E-state index in [1.165, 1.54) is 0 Å². The third kappa shape index (κ3) is 2.80. The first-order valence-corrected chi connectivity index (χ1v) is 6.48. The molecule has 1 aromatic carbocycles. The average molecular weight is 332 g/mol. The maximum absolute atomic E-state index is 13.6. The molecule has 0 radical (unpaired) electrons. The van der Waals surface area contributed by atoms with E-state index >= 15 is 0 Å². The molecule has 0 amide bonds. The summed E-state index contributed by atoms with van der Waals surface area (Å²) in [5.41, 5.74) is 2.09. The van der Waals surface area contributed by atoms with Crippen molar-refractivity contribution >= 4 is 33.5 Å². The molecule has 18 heavy (non-hydrogen) atoms. The van der Waals surface area contributed by atoms with Crippen LogP contribution in [0.4, 0.5) is 14.6 Å². The Morgan fingerprint density at radius 2 is 1.94 bits per heavy atom. The summed E-state index contributed by atoms with van der Waals surface area (Å²) in [5.74, 6) is 3.35. The number of nitrogens with zero attached hydrogens (tertiary/aromatic N) is 1. The zero-order valence-corrected chi connectivity index (χ0v) is 11.4. The number of nitrogens with one attached hydrogen (secondary N) is 1. The normalized spacial score (nSPS) is 10.4. The monoisotopic (exact) mass is 331 g/mol. The fourth-order valence-electron chi connectivity index (χ4n) is 1.25. The lowest BCUT2D eigenvalue weighted by Gasteiger charge is -2.07. The van der Waals surface area contributed by atoms with Gasteiger partial charge < -0.3 is 5.43 Å². The van der Waals surface area contributed by atoms with Gasteiger partial charge in [-0.25, -0.2) is 19.6 Å². The molecule has 2 rings (SSSR count). The van der Waals surface area contributed by atoms with Gasteiger partial charge in [0.15, 0.2) is 17.5 Å². The smallest absolute Gasteiger partial charge is 0.177 e. The quantitative estimate of drug-likeness (QED) is 0.667. The molecule has 3 N–H and O–H groups in total. The molecule has 0 spiro atoms. The second-order valence-electron chi connectivity index (χ2n) is 3.28. The van der Waals surface area contributed by atoms with Gasteiger partial charge in [-0.1, -0.05) is 23.9 Å². The first kappa shape index (κ1) is 13.3. The van der Waals surface area contributed by atoms with Crippen molar-refractivity contribution in [3.05, 3.63) is 46.4 Å². The van der Waals surface area contributed by atoms with Crippen LogP contribution in [0.5, 0.6) is 0 Å². The van der Waals surface area contributed by atoms with Gasteiger partial charge in [0.1, 0.15) is 5.03 Å². The molecule has 0 saturated heterocycles. The van der Waals surface area contributed by atoms with Crippen molar-refractivity contribution in [3.8, 4) is 0 Å². The van der Waals surface area contributed by atoms with Crippen molar-refractivity contribution in [3.63, 3.8) is 0 Å². The molecule has 0 saturated carbocycles. The Morgan fingerprint density at radius 3 is 2.61 bits per heavy atom. The van der Waals surface area contributed by atoms with E-state index in [1.54, 1.807) is 6.07 Å². The summed E-state index contributed by atoms with van der Waals surface area (Å²) in [6.07, 6.45) is 0. The predicted octanol–water partition coefficient (Wildman–Crippen LogP) is 3.56. The molecule has 7 heteroatoms. The van der Waals surface area contributed by atoms with E-state index in [4.69, 9.17) is 5.84 Å². The first-order valence-electron chi connectivity index (χ1n) is 4.87. The average Bonchev–Trinajstić information content (AvgIpc) is 2.35. The van der Waals surface area contributed by atoms with Gasteiger partial charge in [0, 0.05) is 15.4 Å². The fraction of sp³-hybridized carbons (Fsp3) is 0. The second kappa shape index (κ2) is 5.64. The molecule has 0 bridgehead atoms. The zero-order chi connectivity index (χ0) is 13.1. The summed E-state index contributed by atoms with van der Waals surface area (Å²) >= 11 is 4.43. The van der Waals surface area contributed by atoms with Gasteiger partial charge in [-0.15, -0.1) is 0 Å².